The van der Waals surface area contributed by atoms with Crippen LogP contribution in [-0.2, 0) is 9.84 Å². The van der Waals surface area contributed by atoms with E-state index in [1.54, 1.807) is 6.07 Å². The van der Waals surface area contributed by atoms with Crippen LogP contribution in [0.1, 0.15) is 11.1 Å². The van der Waals surface area contributed by atoms with Crippen molar-refractivity contribution in [1.29, 1.82) is 5.26 Å². The summed E-state index contributed by atoms with van der Waals surface area (Å²) in [6.45, 7) is 1.33. The van der Waals surface area contributed by atoms with Crippen molar-refractivity contribution in [2.75, 3.05) is 0 Å². The zero-order valence-electron chi connectivity index (χ0n) is 12.4. The summed E-state index contributed by atoms with van der Waals surface area (Å²) in [6.07, 6.45) is 0. The van der Waals surface area contributed by atoms with E-state index in [1.165, 1.54) is 13.0 Å². The van der Waals surface area contributed by atoms with E-state index >= 15 is 0 Å². The molecule has 0 fully saturated rings. The number of nitrogens with zero attached hydrogens (tertiary/aromatic N) is 1. The summed E-state index contributed by atoms with van der Waals surface area (Å²) in [6, 6.07) is 6.69. The largest absolute Gasteiger partial charge is 0.501 e. The van der Waals surface area contributed by atoms with Gasteiger partial charge >= 0.3 is 5.51 Å². The molecule has 0 unspecified atom stereocenters. The third kappa shape index (κ3) is 3.77. The number of alkyl halides is 3. The predicted octanol–water partition coefficient (Wildman–Crippen LogP) is 4.85. The van der Waals surface area contributed by atoms with E-state index in [2.05, 4.69) is 15.9 Å². The van der Waals surface area contributed by atoms with E-state index < -0.39 is 26.1 Å². The molecule has 0 N–H and O–H groups in total. The summed E-state index contributed by atoms with van der Waals surface area (Å²) in [5.74, 6) is -0.789. The molecule has 25 heavy (non-hydrogen) atoms. The second kappa shape index (κ2) is 6.65. The second-order valence-electron chi connectivity index (χ2n) is 4.84. The topological polar surface area (TPSA) is 67.2 Å². The summed E-state index contributed by atoms with van der Waals surface area (Å²) in [5.41, 5.74) is -5.40. The standard InChI is InChI=1S/C15H8BrF4NO3S/c1-8-12(24-11-5-9(7-21)4-10(17)6-11)2-3-13(14(8)16)25(22,23)15(18,19)20/h2-6H,1H3. The van der Waals surface area contributed by atoms with Crippen molar-refractivity contribution in [3.8, 4) is 17.6 Å². The fourth-order valence-electron chi connectivity index (χ4n) is 1.90. The first kappa shape index (κ1) is 19.2. The zero-order valence-corrected chi connectivity index (χ0v) is 14.8. The number of nitriles is 1. The Bertz CT molecular complexity index is 981. The monoisotopic (exact) mass is 437 g/mol. The second-order valence-corrected chi connectivity index (χ2v) is 7.54. The molecule has 0 amide bonds. The van der Waals surface area contributed by atoms with Crippen LogP contribution in [0.3, 0.4) is 0 Å². The van der Waals surface area contributed by atoms with Crippen molar-refractivity contribution in [2.45, 2.75) is 17.3 Å². The summed E-state index contributed by atoms with van der Waals surface area (Å²) >= 11 is 2.83. The molecule has 0 radical (unpaired) electrons. The van der Waals surface area contributed by atoms with Gasteiger partial charge in [0.1, 0.15) is 17.3 Å². The lowest BCUT2D eigenvalue weighted by Crippen LogP contribution is -2.23. The molecular weight excluding hydrogens is 430 g/mol. The summed E-state index contributed by atoms with van der Waals surface area (Å²) in [4.78, 5) is -0.957. The Kier molecular flexibility index (Phi) is 5.11. The first-order valence-corrected chi connectivity index (χ1v) is 8.74. The molecule has 2 aromatic carbocycles. The molecule has 0 bridgehead atoms. The van der Waals surface area contributed by atoms with Crippen LogP contribution in [0.5, 0.6) is 11.5 Å². The molecule has 0 atom stereocenters. The Morgan fingerprint density at radius 1 is 1.20 bits per heavy atom. The summed E-state index contributed by atoms with van der Waals surface area (Å²) < 4.78 is 79.6. The number of hydrogen-bond donors (Lipinski definition) is 0. The van der Waals surface area contributed by atoms with Gasteiger partial charge in [0.05, 0.1) is 16.5 Å². The minimum absolute atomic E-state index is 0.00230. The average Bonchev–Trinajstić information content (AvgIpc) is 2.50. The first-order valence-electron chi connectivity index (χ1n) is 6.46. The Balaban J connectivity index is 2.49. The van der Waals surface area contributed by atoms with E-state index in [-0.39, 0.29) is 27.1 Å². The lowest BCUT2D eigenvalue weighted by atomic mass is 10.2. The van der Waals surface area contributed by atoms with Crippen molar-refractivity contribution in [3.63, 3.8) is 0 Å². The molecule has 0 aliphatic heterocycles. The van der Waals surface area contributed by atoms with Crippen LogP contribution in [0.25, 0.3) is 0 Å². The normalized spacial score (nSPS) is 11.9. The maximum atomic E-state index is 13.4. The van der Waals surface area contributed by atoms with Gasteiger partial charge in [0.25, 0.3) is 9.84 Å². The van der Waals surface area contributed by atoms with Crippen LogP contribution >= 0.6 is 15.9 Å². The third-order valence-electron chi connectivity index (χ3n) is 3.12. The highest BCUT2D eigenvalue weighted by Crippen LogP contribution is 2.39. The lowest BCUT2D eigenvalue weighted by Gasteiger charge is -2.15. The third-order valence-corrected chi connectivity index (χ3v) is 5.94. The highest BCUT2D eigenvalue weighted by Gasteiger charge is 2.48. The maximum absolute atomic E-state index is 13.4. The van der Waals surface area contributed by atoms with Crippen LogP contribution < -0.4 is 4.74 Å². The van der Waals surface area contributed by atoms with Crippen molar-refractivity contribution in [1.82, 2.24) is 0 Å². The highest BCUT2D eigenvalue weighted by molar-refractivity contribution is 9.10. The van der Waals surface area contributed by atoms with Gasteiger partial charge in [0, 0.05) is 16.1 Å². The van der Waals surface area contributed by atoms with Gasteiger partial charge in [-0.05, 0) is 47.1 Å². The smallest absolute Gasteiger partial charge is 0.457 e. The van der Waals surface area contributed by atoms with Crippen molar-refractivity contribution < 1.29 is 30.7 Å². The summed E-state index contributed by atoms with van der Waals surface area (Å²) in [7, 11) is -5.54. The molecular formula is C15H8BrF4NO3S. The average molecular weight is 438 g/mol. The van der Waals surface area contributed by atoms with Crippen LogP contribution in [0.15, 0.2) is 39.7 Å². The van der Waals surface area contributed by atoms with Crippen molar-refractivity contribution in [2.24, 2.45) is 0 Å². The zero-order chi connectivity index (χ0) is 19.0. The Morgan fingerprint density at radius 3 is 2.40 bits per heavy atom. The van der Waals surface area contributed by atoms with Gasteiger partial charge < -0.3 is 4.74 Å². The fraction of sp³-hybridized carbons (Fsp3) is 0.133. The Labute approximate surface area is 148 Å². The molecule has 0 aromatic heterocycles. The van der Waals surface area contributed by atoms with Gasteiger partial charge in [0.2, 0.25) is 0 Å². The quantitative estimate of drug-likeness (QED) is 0.643. The molecule has 132 valence electrons. The Hall–Kier alpha value is -2.12. The number of rotatable bonds is 3. The molecule has 0 aliphatic carbocycles. The van der Waals surface area contributed by atoms with Crippen molar-refractivity contribution >= 4 is 25.8 Å². The van der Waals surface area contributed by atoms with Crippen LogP contribution in [0.2, 0.25) is 0 Å². The molecule has 4 nitrogen and oxygen atoms in total. The fourth-order valence-corrected chi connectivity index (χ4v) is 3.75. The van der Waals surface area contributed by atoms with Gasteiger partial charge in [-0.1, -0.05) is 0 Å². The maximum Gasteiger partial charge on any atom is 0.501 e. The van der Waals surface area contributed by atoms with E-state index in [0.29, 0.717) is 0 Å². The van der Waals surface area contributed by atoms with E-state index in [0.717, 1.165) is 24.3 Å². The molecule has 0 heterocycles. The number of hydrogen-bond acceptors (Lipinski definition) is 4. The van der Waals surface area contributed by atoms with Gasteiger partial charge in [-0.3, -0.25) is 0 Å². The van der Waals surface area contributed by atoms with Gasteiger partial charge in [-0.15, -0.1) is 0 Å². The molecule has 0 saturated heterocycles. The molecule has 0 saturated carbocycles. The predicted molar refractivity (Wildman–Crippen MR) is 83.3 cm³/mol. The van der Waals surface area contributed by atoms with Crippen LogP contribution in [-0.4, -0.2) is 13.9 Å². The number of sulfone groups is 1. The lowest BCUT2D eigenvalue weighted by molar-refractivity contribution is -0.0436. The van der Waals surface area contributed by atoms with E-state index in [1.807, 2.05) is 0 Å². The number of halogens is 5. The van der Waals surface area contributed by atoms with Crippen LogP contribution in [0, 0.1) is 24.1 Å². The van der Waals surface area contributed by atoms with Gasteiger partial charge in [-0.25, -0.2) is 12.8 Å². The molecule has 2 aromatic rings. The SMILES string of the molecule is Cc1c(Oc2cc(F)cc(C#N)c2)ccc(S(=O)(=O)C(F)(F)F)c1Br. The van der Waals surface area contributed by atoms with E-state index in [9.17, 15) is 26.0 Å². The van der Waals surface area contributed by atoms with Crippen molar-refractivity contribution in [3.05, 3.63) is 51.7 Å². The molecule has 0 aliphatic rings. The minimum atomic E-state index is -5.54. The molecule has 2 rings (SSSR count). The van der Waals surface area contributed by atoms with E-state index in [4.69, 9.17) is 10.00 Å². The van der Waals surface area contributed by atoms with Gasteiger partial charge in [0.15, 0.2) is 0 Å². The summed E-state index contributed by atoms with van der Waals surface area (Å²) in [5, 5.41) is 8.80. The number of benzene rings is 2. The molecule has 10 heteroatoms. The minimum Gasteiger partial charge on any atom is -0.457 e. The number of ether oxygens (including phenoxy) is 1. The van der Waals surface area contributed by atoms with Gasteiger partial charge in [-0.2, -0.15) is 18.4 Å². The first-order chi connectivity index (χ1) is 11.5. The Morgan fingerprint density at radius 2 is 1.84 bits per heavy atom. The van der Waals surface area contributed by atoms with Crippen LogP contribution in [0.4, 0.5) is 17.6 Å². The highest BCUT2D eigenvalue weighted by atomic mass is 79.9. The molecule has 0 spiro atoms.